The number of amides is 1. The number of rotatable bonds is 4. The highest BCUT2D eigenvalue weighted by Crippen LogP contribution is 2.19. The van der Waals surface area contributed by atoms with E-state index < -0.39 is 10.8 Å². The van der Waals surface area contributed by atoms with Crippen LogP contribution in [-0.4, -0.2) is 20.6 Å². The first-order chi connectivity index (χ1) is 9.90. The minimum atomic E-state index is -0.613. The normalized spacial score (nSPS) is 12.0. The third kappa shape index (κ3) is 3.07. The van der Waals surface area contributed by atoms with Crippen molar-refractivity contribution in [1.82, 2.24) is 15.1 Å². The summed E-state index contributed by atoms with van der Waals surface area (Å²) in [4.78, 5) is 22.5. The lowest BCUT2D eigenvalue weighted by Gasteiger charge is -2.14. The van der Waals surface area contributed by atoms with Gasteiger partial charge in [-0.1, -0.05) is 29.8 Å². The van der Waals surface area contributed by atoms with Crippen LogP contribution in [0.3, 0.4) is 0 Å². The Kier molecular flexibility index (Phi) is 4.02. The lowest BCUT2D eigenvalue weighted by Crippen LogP contribution is -2.29. The molecule has 0 bridgehead atoms. The fraction of sp³-hybridized carbons (Fsp3) is 0.286. The molecular weight excluding hydrogens is 272 g/mol. The molecule has 1 aromatic heterocycles. The summed E-state index contributed by atoms with van der Waals surface area (Å²) < 4.78 is 1.20. The number of hydrogen-bond acceptors (Lipinski definition) is 4. The average molecular weight is 288 g/mol. The zero-order valence-corrected chi connectivity index (χ0v) is 12.0. The largest absolute Gasteiger partial charge is 0.344 e. The van der Waals surface area contributed by atoms with Gasteiger partial charge in [-0.2, -0.15) is 5.10 Å². The standard InChI is InChI=1S/C14H16N4O3/c1-9-4-6-11(7-5-9)10(2)16-14(19)13-12(18(20)21)8-15-17(13)3/h4-8,10H,1-3H3,(H,16,19). The quantitative estimate of drug-likeness (QED) is 0.689. The number of benzene rings is 1. The van der Waals surface area contributed by atoms with E-state index in [1.54, 1.807) is 0 Å². The molecule has 0 aliphatic rings. The van der Waals surface area contributed by atoms with Gasteiger partial charge in [0.2, 0.25) is 5.69 Å². The number of aromatic nitrogens is 2. The molecule has 1 atom stereocenters. The van der Waals surface area contributed by atoms with Crippen molar-refractivity contribution in [3.05, 3.63) is 57.4 Å². The van der Waals surface area contributed by atoms with Gasteiger partial charge >= 0.3 is 5.69 Å². The Hall–Kier alpha value is -2.70. The Morgan fingerprint density at radius 1 is 1.38 bits per heavy atom. The average Bonchev–Trinajstić information content (AvgIpc) is 2.81. The highest BCUT2D eigenvalue weighted by Gasteiger charge is 2.26. The molecule has 7 heteroatoms. The van der Waals surface area contributed by atoms with Gasteiger partial charge in [0, 0.05) is 7.05 Å². The SMILES string of the molecule is Cc1ccc(C(C)NC(=O)c2c([N+](=O)[O-])cnn2C)cc1. The lowest BCUT2D eigenvalue weighted by molar-refractivity contribution is -0.385. The van der Waals surface area contributed by atoms with Crippen LogP contribution in [0, 0.1) is 17.0 Å². The molecule has 0 radical (unpaired) electrons. The summed E-state index contributed by atoms with van der Waals surface area (Å²) >= 11 is 0. The Balaban J connectivity index is 2.20. The van der Waals surface area contributed by atoms with Crippen molar-refractivity contribution in [2.24, 2.45) is 7.05 Å². The van der Waals surface area contributed by atoms with E-state index in [9.17, 15) is 14.9 Å². The van der Waals surface area contributed by atoms with Gasteiger partial charge in [0.1, 0.15) is 6.20 Å². The predicted octanol–water partition coefficient (Wildman–Crippen LogP) is 2.13. The van der Waals surface area contributed by atoms with Crippen molar-refractivity contribution in [2.75, 3.05) is 0 Å². The van der Waals surface area contributed by atoms with Gasteiger partial charge in [-0.15, -0.1) is 0 Å². The zero-order valence-electron chi connectivity index (χ0n) is 12.0. The molecule has 1 N–H and O–H groups in total. The molecule has 21 heavy (non-hydrogen) atoms. The zero-order chi connectivity index (χ0) is 15.6. The van der Waals surface area contributed by atoms with Gasteiger partial charge in [0.15, 0.2) is 0 Å². The first-order valence-electron chi connectivity index (χ1n) is 6.44. The van der Waals surface area contributed by atoms with Crippen LogP contribution in [-0.2, 0) is 7.05 Å². The Morgan fingerprint density at radius 2 is 2.00 bits per heavy atom. The maximum absolute atomic E-state index is 12.2. The Labute approximate surface area is 121 Å². The van der Waals surface area contributed by atoms with E-state index in [1.165, 1.54) is 11.7 Å². The van der Waals surface area contributed by atoms with E-state index in [1.807, 2.05) is 38.1 Å². The van der Waals surface area contributed by atoms with E-state index >= 15 is 0 Å². The smallest absolute Gasteiger partial charge is 0.320 e. The molecule has 0 spiro atoms. The molecule has 1 unspecified atom stereocenters. The van der Waals surface area contributed by atoms with E-state index in [4.69, 9.17) is 0 Å². The molecule has 7 nitrogen and oxygen atoms in total. The first kappa shape index (κ1) is 14.7. The molecule has 1 aromatic carbocycles. The van der Waals surface area contributed by atoms with Gasteiger partial charge in [0.05, 0.1) is 11.0 Å². The highest BCUT2D eigenvalue weighted by molar-refractivity contribution is 5.96. The highest BCUT2D eigenvalue weighted by atomic mass is 16.6. The fourth-order valence-electron chi connectivity index (χ4n) is 2.03. The van der Waals surface area contributed by atoms with Crippen molar-refractivity contribution in [3.63, 3.8) is 0 Å². The van der Waals surface area contributed by atoms with Crippen LogP contribution in [0.1, 0.15) is 34.6 Å². The number of carbonyl (C=O) groups excluding carboxylic acids is 1. The van der Waals surface area contributed by atoms with E-state index in [2.05, 4.69) is 10.4 Å². The van der Waals surface area contributed by atoms with Crippen LogP contribution in [0.15, 0.2) is 30.5 Å². The number of nitro groups is 1. The van der Waals surface area contributed by atoms with Gasteiger partial charge in [-0.25, -0.2) is 0 Å². The van der Waals surface area contributed by atoms with E-state index in [0.29, 0.717) is 0 Å². The van der Waals surface area contributed by atoms with Crippen LogP contribution in [0.4, 0.5) is 5.69 Å². The van der Waals surface area contributed by atoms with Crippen molar-refractivity contribution in [1.29, 1.82) is 0 Å². The number of aryl methyl sites for hydroxylation is 2. The summed E-state index contributed by atoms with van der Waals surface area (Å²) in [5.41, 5.74) is 1.70. The maximum atomic E-state index is 12.2. The third-order valence-corrected chi connectivity index (χ3v) is 3.26. The number of carbonyl (C=O) groups is 1. The molecule has 0 fully saturated rings. The van der Waals surface area contributed by atoms with Gasteiger partial charge in [0.25, 0.3) is 5.91 Å². The summed E-state index contributed by atoms with van der Waals surface area (Å²) in [7, 11) is 1.50. The molecule has 1 heterocycles. The van der Waals surface area contributed by atoms with Crippen molar-refractivity contribution < 1.29 is 9.72 Å². The fourth-order valence-corrected chi connectivity index (χ4v) is 2.03. The summed E-state index contributed by atoms with van der Waals surface area (Å²) in [5.74, 6) is -0.519. The van der Waals surface area contributed by atoms with Crippen LogP contribution >= 0.6 is 0 Å². The second-order valence-electron chi connectivity index (χ2n) is 4.86. The minimum absolute atomic E-state index is 0.0565. The molecule has 110 valence electrons. The summed E-state index contributed by atoms with van der Waals surface area (Å²) in [6.07, 6.45) is 1.07. The number of nitrogens with zero attached hydrogens (tertiary/aromatic N) is 3. The summed E-state index contributed by atoms with van der Waals surface area (Å²) in [5, 5.41) is 17.4. The second kappa shape index (κ2) is 5.74. The first-order valence-corrected chi connectivity index (χ1v) is 6.44. The molecule has 2 aromatic rings. The Morgan fingerprint density at radius 3 is 2.57 bits per heavy atom. The van der Waals surface area contributed by atoms with Gasteiger partial charge < -0.3 is 5.32 Å². The van der Waals surface area contributed by atoms with Gasteiger partial charge in [-0.05, 0) is 19.4 Å². The molecule has 1 amide bonds. The minimum Gasteiger partial charge on any atom is -0.344 e. The second-order valence-corrected chi connectivity index (χ2v) is 4.86. The molecular formula is C14H16N4O3. The molecule has 0 aliphatic heterocycles. The van der Waals surface area contributed by atoms with Crippen LogP contribution < -0.4 is 5.32 Å². The van der Waals surface area contributed by atoms with Crippen molar-refractivity contribution >= 4 is 11.6 Å². The molecule has 2 rings (SSSR count). The van der Waals surface area contributed by atoms with Crippen LogP contribution in [0.2, 0.25) is 0 Å². The molecule has 0 aliphatic carbocycles. The lowest BCUT2D eigenvalue weighted by atomic mass is 10.1. The van der Waals surface area contributed by atoms with E-state index in [0.717, 1.165) is 17.3 Å². The molecule has 0 saturated carbocycles. The van der Waals surface area contributed by atoms with Gasteiger partial charge in [-0.3, -0.25) is 19.6 Å². The monoisotopic (exact) mass is 288 g/mol. The van der Waals surface area contributed by atoms with E-state index in [-0.39, 0.29) is 17.4 Å². The maximum Gasteiger partial charge on any atom is 0.320 e. The van der Waals surface area contributed by atoms with Crippen LogP contribution in [0.25, 0.3) is 0 Å². The summed E-state index contributed by atoms with van der Waals surface area (Å²) in [6, 6.07) is 7.47. The van der Waals surface area contributed by atoms with Crippen molar-refractivity contribution in [3.8, 4) is 0 Å². The summed E-state index contributed by atoms with van der Waals surface area (Å²) in [6.45, 7) is 3.80. The third-order valence-electron chi connectivity index (χ3n) is 3.26. The van der Waals surface area contributed by atoms with Crippen molar-refractivity contribution in [2.45, 2.75) is 19.9 Å². The van der Waals surface area contributed by atoms with Crippen LogP contribution in [0.5, 0.6) is 0 Å². The topological polar surface area (TPSA) is 90.1 Å². The molecule has 0 saturated heterocycles. The Bertz CT molecular complexity index is 676. The predicted molar refractivity (Wildman–Crippen MR) is 76.9 cm³/mol. The number of hydrogen-bond donors (Lipinski definition) is 1. The number of nitrogens with one attached hydrogen (secondary N) is 1.